The molecule has 4 rings (SSSR count). The average molecular weight is 786 g/mol. The van der Waals surface area contributed by atoms with Gasteiger partial charge in [-0.2, -0.15) is 0 Å². The van der Waals surface area contributed by atoms with Gasteiger partial charge in [-0.1, -0.05) is 61.4 Å². The Morgan fingerprint density at radius 1 is 0.724 bits per heavy atom. The molecule has 3 aliphatic rings. The van der Waals surface area contributed by atoms with Crippen molar-refractivity contribution in [2.75, 3.05) is 19.6 Å². The van der Waals surface area contributed by atoms with Crippen LogP contribution in [0.3, 0.4) is 0 Å². The molecule has 3 fully saturated rings. The number of carbonyl (C=O) groups is 2. The van der Waals surface area contributed by atoms with Crippen molar-refractivity contribution in [1.82, 2.24) is 10.2 Å². The first-order valence-corrected chi connectivity index (χ1v) is 18.5. The summed E-state index contributed by atoms with van der Waals surface area (Å²) in [6.07, 6.45) is 9.37. The molecule has 2 N–H and O–H groups in total. The van der Waals surface area contributed by atoms with Gasteiger partial charge in [-0.3, -0.25) is 14.5 Å². The first-order chi connectivity index (χ1) is 28.4. The molecule has 0 radical (unpaired) electrons. The molecular formula is C49H63N5O4. The zero-order valence-corrected chi connectivity index (χ0v) is 33.0. The number of rotatable bonds is 6. The number of ketones is 1. The number of fused-ring (bicyclic) bond motifs is 1. The van der Waals surface area contributed by atoms with Crippen molar-refractivity contribution in [2.24, 2.45) is 23.7 Å². The summed E-state index contributed by atoms with van der Waals surface area (Å²) < 4.78 is 0. The van der Waals surface area contributed by atoms with E-state index in [1.165, 1.54) is 31.2 Å². The Labute approximate surface area is 358 Å². The minimum Gasteiger partial charge on any atom is -0.351 e. The fourth-order valence-corrected chi connectivity index (χ4v) is 6.82. The molecule has 1 aromatic rings. The Kier molecular flexibility index (Phi) is 27.4. The third-order valence-electron chi connectivity index (χ3n) is 9.15. The molecule has 308 valence electrons. The normalized spacial score (nSPS) is 17.2. The van der Waals surface area contributed by atoms with Crippen LogP contribution in [0.25, 0.3) is 10.4 Å². The Hall–Kier alpha value is -7.61. The van der Waals surface area contributed by atoms with E-state index in [2.05, 4.69) is 171 Å². The van der Waals surface area contributed by atoms with Crippen LogP contribution >= 0.6 is 0 Å². The maximum Gasteiger partial charge on any atom is 0.234 e. The minimum atomic E-state index is 0. The fourth-order valence-electron chi connectivity index (χ4n) is 6.82. The van der Waals surface area contributed by atoms with Crippen LogP contribution in [0.2, 0.25) is 0 Å². The van der Waals surface area contributed by atoms with Crippen LogP contribution < -0.4 is 5.32 Å². The number of hydrogen-bond acceptors (Lipinski definition) is 6. The number of amides is 1. The molecule has 0 bridgehead atoms. The average Bonchev–Trinajstić information content (AvgIpc) is 3.61. The first-order valence-electron chi connectivity index (χ1n) is 18.5. The number of likely N-dealkylation sites (tertiary alicyclic amines) is 1. The smallest absolute Gasteiger partial charge is 0.234 e. The minimum absolute atomic E-state index is 0. The molecule has 4 unspecified atom stereocenters. The van der Waals surface area contributed by atoms with Crippen LogP contribution in [0.5, 0.6) is 0 Å². The van der Waals surface area contributed by atoms with E-state index in [-0.39, 0.29) is 37.9 Å². The maximum absolute atomic E-state index is 12.8. The second-order valence-corrected chi connectivity index (χ2v) is 12.8. The Balaban J connectivity index is -0.000000101. The second-order valence-electron chi connectivity index (χ2n) is 12.8. The second kappa shape index (κ2) is 32.8. The highest BCUT2D eigenvalue weighted by atomic mass is 16.7. The van der Waals surface area contributed by atoms with Gasteiger partial charge >= 0.3 is 0 Å². The molecule has 4 atom stereocenters. The van der Waals surface area contributed by atoms with Gasteiger partial charge in [0.1, 0.15) is 5.78 Å². The highest BCUT2D eigenvalue weighted by Crippen LogP contribution is 2.45. The molecule has 1 aromatic carbocycles. The Morgan fingerprint density at radius 3 is 1.55 bits per heavy atom. The molecule has 1 aliphatic heterocycles. The molecule has 1 saturated heterocycles. The van der Waals surface area contributed by atoms with E-state index in [0.29, 0.717) is 18.4 Å². The Bertz CT molecular complexity index is 2240. The lowest BCUT2D eigenvalue weighted by molar-refractivity contribution is -0.125. The molecule has 2 saturated carbocycles. The molecular weight excluding hydrogens is 723 g/mol. The summed E-state index contributed by atoms with van der Waals surface area (Å²) in [5, 5.41) is 3.31. The molecule has 0 aromatic heterocycles. The number of piperidine rings is 1. The first kappa shape index (κ1) is 48.4. The fraction of sp³-hybridized carbons (Fsp3) is 0.388. The van der Waals surface area contributed by atoms with Gasteiger partial charge in [-0.15, -0.1) is 5.53 Å². The van der Waals surface area contributed by atoms with Gasteiger partial charge in [0.2, 0.25) is 5.91 Å². The zero-order valence-electron chi connectivity index (χ0n) is 33.0. The van der Waals surface area contributed by atoms with Crippen LogP contribution in [0, 0.1) is 169 Å². The SMILES string of the molecule is CC#CC#CC#CC#CC#CC#CC#CC#CC#CC#CC#CC.CC(=O)C1CC2CCCCC2C1NC(=O)CN1CCC(Cc2ccccc2)CC1.O=O.[HH].[HH].[HH].[HH].[HH].[HH].[HH].[HH].[HH].[HH].[N-]=[N+]=N. The number of nitrogens with one attached hydrogen (secondary N) is 2. The van der Waals surface area contributed by atoms with E-state index >= 15 is 0 Å². The predicted molar refractivity (Wildman–Crippen MR) is 250 cm³/mol. The predicted octanol–water partition coefficient (Wildman–Crippen LogP) is 8.31. The monoisotopic (exact) mass is 785 g/mol. The van der Waals surface area contributed by atoms with Crippen molar-refractivity contribution in [3.63, 3.8) is 0 Å². The van der Waals surface area contributed by atoms with Gasteiger partial charge < -0.3 is 5.32 Å². The molecule has 58 heavy (non-hydrogen) atoms. The van der Waals surface area contributed by atoms with Gasteiger partial charge in [0.25, 0.3) is 0 Å². The topological polar surface area (TPSA) is 144 Å². The van der Waals surface area contributed by atoms with Crippen LogP contribution in [-0.2, 0) is 16.0 Å². The standard InChI is InChI=1S/C25H36N2O2.C24H6.HN3.O2.10H2/c1-18(28)23-16-21-9-5-6-10-22(21)25(23)26-24(29)17-27-13-11-20(12-14-27)15-19-7-3-2-4-8-19;1-3-5-7-9-11-13-15-17-19-21-23-24-22-20-18-16-14-12-10-8-6-4-2;1-3-2;1-2;;;;;;;;;;/h2-4,7-8,20-23,25H,5-6,9-17H2,1H3,(H,26,29);1-2H3;1H;;10*1H. The summed E-state index contributed by atoms with van der Waals surface area (Å²) in [6, 6.07) is 10.8. The van der Waals surface area contributed by atoms with E-state index in [1.807, 2.05) is 0 Å². The van der Waals surface area contributed by atoms with Gasteiger partial charge in [0.05, 0.1) is 6.54 Å². The van der Waals surface area contributed by atoms with Gasteiger partial charge in [0.15, 0.2) is 0 Å². The van der Waals surface area contributed by atoms with Crippen molar-refractivity contribution in [3.05, 3.63) is 56.3 Å². The van der Waals surface area contributed by atoms with Crippen molar-refractivity contribution in [2.45, 2.75) is 78.2 Å². The quantitative estimate of drug-likeness (QED) is 0.129. The summed E-state index contributed by atoms with van der Waals surface area (Å²) >= 11 is 0. The molecule has 1 heterocycles. The number of Topliss-reactive ketones (excluding diaryl/α,β-unsaturated/α-hetero) is 1. The highest BCUT2D eigenvalue weighted by Gasteiger charge is 2.46. The molecule has 1 amide bonds. The highest BCUT2D eigenvalue weighted by molar-refractivity contribution is 5.82. The third kappa shape index (κ3) is 21.9. The van der Waals surface area contributed by atoms with Gasteiger partial charge in [-0.05, 0) is 194 Å². The lowest BCUT2D eigenvalue weighted by Gasteiger charge is -2.33. The van der Waals surface area contributed by atoms with Crippen molar-refractivity contribution < 1.29 is 23.9 Å². The molecule has 2 aliphatic carbocycles. The van der Waals surface area contributed by atoms with Gasteiger partial charge in [-0.25, -0.2) is 0 Å². The maximum atomic E-state index is 12.8. The van der Waals surface area contributed by atoms with E-state index < -0.39 is 0 Å². The zero-order chi connectivity index (χ0) is 42.5. The lowest BCUT2D eigenvalue weighted by atomic mass is 9.80. The van der Waals surface area contributed by atoms with Crippen LogP contribution in [0.4, 0.5) is 0 Å². The Morgan fingerprint density at radius 2 is 1.14 bits per heavy atom. The number of benzene rings is 1. The number of hydrogen-bond donors (Lipinski definition) is 2. The molecule has 9 heteroatoms. The summed E-state index contributed by atoms with van der Waals surface area (Å²) in [5.41, 5.74) is 13.7. The van der Waals surface area contributed by atoms with Crippen molar-refractivity contribution in [3.8, 4) is 130 Å². The van der Waals surface area contributed by atoms with E-state index in [0.717, 1.165) is 44.7 Å². The number of carbonyl (C=O) groups excluding carboxylic acids is 2. The van der Waals surface area contributed by atoms with E-state index in [9.17, 15) is 9.59 Å². The van der Waals surface area contributed by atoms with E-state index in [1.54, 1.807) is 25.7 Å². The van der Waals surface area contributed by atoms with Crippen LogP contribution in [0.15, 0.2) is 30.3 Å². The summed E-state index contributed by atoms with van der Waals surface area (Å²) in [4.78, 5) is 43.1. The van der Waals surface area contributed by atoms with Crippen LogP contribution in [-0.4, -0.2) is 42.3 Å². The van der Waals surface area contributed by atoms with Crippen molar-refractivity contribution in [1.29, 1.82) is 5.53 Å². The molecule has 0 spiro atoms. The van der Waals surface area contributed by atoms with E-state index in [4.69, 9.17) is 21.0 Å². The third-order valence-corrected chi connectivity index (χ3v) is 9.15. The summed E-state index contributed by atoms with van der Waals surface area (Å²) in [6.45, 7) is 7.58. The lowest BCUT2D eigenvalue weighted by Crippen LogP contribution is -2.49. The summed E-state index contributed by atoms with van der Waals surface area (Å²) in [5.74, 6) is 57.9. The van der Waals surface area contributed by atoms with Gasteiger partial charge in [0, 0.05) is 59.8 Å². The van der Waals surface area contributed by atoms with Crippen LogP contribution in [0.1, 0.15) is 85.5 Å². The largest absolute Gasteiger partial charge is 0.351 e. The summed E-state index contributed by atoms with van der Waals surface area (Å²) in [7, 11) is 0. The van der Waals surface area contributed by atoms with Crippen molar-refractivity contribution >= 4 is 11.7 Å². The molecule has 9 nitrogen and oxygen atoms in total. The number of nitrogens with zero attached hydrogens (tertiary/aromatic N) is 3.